The highest BCUT2D eigenvalue weighted by Crippen LogP contribution is 2.30. The van der Waals surface area contributed by atoms with Crippen LogP contribution in [0.25, 0.3) is 10.9 Å². The Balaban J connectivity index is 1.97. The van der Waals surface area contributed by atoms with Crippen LogP contribution in [0.3, 0.4) is 0 Å². The second kappa shape index (κ2) is 7.53. The van der Waals surface area contributed by atoms with Crippen LogP contribution in [-0.2, 0) is 6.54 Å². The van der Waals surface area contributed by atoms with Gasteiger partial charge in [-0.3, -0.25) is 9.59 Å². The summed E-state index contributed by atoms with van der Waals surface area (Å²) in [5.74, 6) is 1.68. The monoisotopic (exact) mass is 371 g/mol. The number of H-pyrrole nitrogens is 1. The molecule has 0 unspecified atom stereocenters. The second-order valence-electron chi connectivity index (χ2n) is 5.95. The normalized spacial score (nSPS) is 10.8. The third-order valence-electron chi connectivity index (χ3n) is 4.36. The van der Waals surface area contributed by atoms with E-state index in [1.165, 1.54) is 20.5 Å². The number of aromatic amines is 1. The van der Waals surface area contributed by atoms with E-state index in [0.717, 1.165) is 0 Å². The number of amides is 1. The molecule has 0 aliphatic carbocycles. The molecule has 0 saturated carbocycles. The third-order valence-corrected chi connectivity index (χ3v) is 4.36. The number of hydrogen-bond donors (Lipinski definition) is 1. The van der Waals surface area contributed by atoms with Crippen LogP contribution in [0.1, 0.15) is 28.9 Å². The lowest BCUT2D eigenvalue weighted by Gasteiger charge is -2.20. The first kappa shape index (κ1) is 18.5. The van der Waals surface area contributed by atoms with Crippen LogP contribution in [-0.4, -0.2) is 41.5 Å². The van der Waals surface area contributed by atoms with E-state index in [0.29, 0.717) is 46.1 Å². The number of ether oxygens (including phenoxy) is 2. The maximum absolute atomic E-state index is 12.7. The largest absolute Gasteiger partial charge is 0.493 e. The number of nitrogens with one attached hydrogen (secondary N) is 1. The van der Waals surface area contributed by atoms with E-state index < -0.39 is 0 Å². The van der Waals surface area contributed by atoms with Gasteiger partial charge in [0.2, 0.25) is 0 Å². The Morgan fingerprint density at radius 1 is 1.26 bits per heavy atom. The zero-order valence-corrected chi connectivity index (χ0v) is 15.7. The molecule has 0 aliphatic rings. The van der Waals surface area contributed by atoms with Crippen LogP contribution >= 0.6 is 0 Å². The number of methoxy groups -OCH3 is 2. The van der Waals surface area contributed by atoms with Crippen molar-refractivity contribution in [3.05, 3.63) is 52.0 Å². The van der Waals surface area contributed by atoms with Gasteiger partial charge in [0.05, 0.1) is 43.5 Å². The van der Waals surface area contributed by atoms with Gasteiger partial charge in [0.15, 0.2) is 11.5 Å². The first-order valence-corrected chi connectivity index (χ1v) is 8.46. The Morgan fingerprint density at radius 2 is 1.96 bits per heavy atom. The van der Waals surface area contributed by atoms with Crippen molar-refractivity contribution in [1.82, 2.24) is 14.9 Å². The molecule has 27 heavy (non-hydrogen) atoms. The quantitative estimate of drug-likeness (QED) is 0.715. The van der Waals surface area contributed by atoms with Crippen LogP contribution in [0.2, 0.25) is 0 Å². The van der Waals surface area contributed by atoms with Crippen molar-refractivity contribution in [1.29, 1.82) is 0 Å². The predicted octanol–water partition coefficient (Wildman–Crippen LogP) is 2.50. The molecule has 0 fully saturated rings. The number of fused-ring (bicyclic) bond motifs is 1. The maximum atomic E-state index is 12.7. The van der Waals surface area contributed by atoms with Crippen molar-refractivity contribution >= 4 is 16.8 Å². The standard InChI is InChI=1S/C19H21N3O5/c1-5-22(19(24)12-6-7-27-11(12)2)10-17-20-14-9-16(26-4)15(25-3)8-13(14)18(23)21-17/h6-9H,5,10H2,1-4H3,(H,20,21,23). The zero-order chi connectivity index (χ0) is 19.6. The molecule has 1 aromatic carbocycles. The number of hydrogen-bond acceptors (Lipinski definition) is 6. The number of rotatable bonds is 6. The summed E-state index contributed by atoms with van der Waals surface area (Å²) in [5, 5.41) is 0.386. The minimum Gasteiger partial charge on any atom is -0.493 e. The first-order valence-electron chi connectivity index (χ1n) is 8.46. The van der Waals surface area contributed by atoms with Gasteiger partial charge in [0.25, 0.3) is 11.5 Å². The number of benzene rings is 1. The fourth-order valence-electron chi connectivity index (χ4n) is 2.87. The van der Waals surface area contributed by atoms with Crippen molar-refractivity contribution in [3.8, 4) is 11.5 Å². The summed E-state index contributed by atoms with van der Waals surface area (Å²) in [6, 6.07) is 4.86. The fourth-order valence-corrected chi connectivity index (χ4v) is 2.87. The van der Waals surface area contributed by atoms with Gasteiger partial charge < -0.3 is 23.8 Å². The van der Waals surface area contributed by atoms with Gasteiger partial charge in [-0.05, 0) is 26.0 Å². The Morgan fingerprint density at radius 3 is 2.56 bits per heavy atom. The van der Waals surface area contributed by atoms with Gasteiger partial charge >= 0.3 is 0 Å². The summed E-state index contributed by atoms with van der Waals surface area (Å²) in [7, 11) is 3.02. The lowest BCUT2D eigenvalue weighted by molar-refractivity contribution is 0.0746. The van der Waals surface area contributed by atoms with Crippen molar-refractivity contribution < 1.29 is 18.7 Å². The molecule has 0 saturated heterocycles. The van der Waals surface area contributed by atoms with Gasteiger partial charge in [-0.15, -0.1) is 0 Å². The number of furan rings is 1. The number of aryl methyl sites for hydroxylation is 1. The summed E-state index contributed by atoms with van der Waals surface area (Å²) in [4.78, 5) is 34.0. The SMILES string of the molecule is CCN(Cc1nc2cc(OC)c(OC)cc2c(=O)[nH]1)C(=O)c1ccoc1C. The number of nitrogens with zero attached hydrogens (tertiary/aromatic N) is 2. The molecule has 2 aromatic heterocycles. The fraction of sp³-hybridized carbons (Fsp3) is 0.316. The topological polar surface area (TPSA) is 97.7 Å². The Labute approximate surface area is 155 Å². The average molecular weight is 371 g/mol. The molecular formula is C19H21N3O5. The summed E-state index contributed by atoms with van der Waals surface area (Å²) in [6.45, 7) is 4.22. The van der Waals surface area contributed by atoms with E-state index in [2.05, 4.69) is 9.97 Å². The number of carbonyl (C=O) groups excluding carboxylic acids is 1. The highest BCUT2D eigenvalue weighted by Gasteiger charge is 2.20. The van der Waals surface area contributed by atoms with Crippen LogP contribution in [0.5, 0.6) is 11.5 Å². The van der Waals surface area contributed by atoms with Crippen molar-refractivity contribution in [2.75, 3.05) is 20.8 Å². The lowest BCUT2D eigenvalue weighted by atomic mass is 10.2. The van der Waals surface area contributed by atoms with E-state index in [1.54, 1.807) is 30.0 Å². The van der Waals surface area contributed by atoms with Crippen molar-refractivity contribution in [3.63, 3.8) is 0 Å². The molecule has 8 heteroatoms. The van der Waals surface area contributed by atoms with Gasteiger partial charge in [-0.1, -0.05) is 0 Å². The van der Waals surface area contributed by atoms with E-state index >= 15 is 0 Å². The van der Waals surface area contributed by atoms with Crippen LogP contribution in [0.15, 0.2) is 33.7 Å². The van der Waals surface area contributed by atoms with Crippen LogP contribution in [0, 0.1) is 6.92 Å². The molecule has 0 atom stereocenters. The maximum Gasteiger partial charge on any atom is 0.258 e. The van der Waals surface area contributed by atoms with Gasteiger partial charge in [-0.25, -0.2) is 4.98 Å². The second-order valence-corrected chi connectivity index (χ2v) is 5.95. The predicted molar refractivity (Wildman–Crippen MR) is 99.3 cm³/mol. The molecule has 0 bridgehead atoms. The van der Waals surface area contributed by atoms with Gasteiger partial charge in [0, 0.05) is 12.6 Å². The van der Waals surface area contributed by atoms with Crippen molar-refractivity contribution in [2.24, 2.45) is 0 Å². The smallest absolute Gasteiger partial charge is 0.258 e. The Hall–Kier alpha value is -3.29. The molecule has 3 rings (SSSR count). The molecule has 3 aromatic rings. The Kier molecular flexibility index (Phi) is 5.16. The highest BCUT2D eigenvalue weighted by atomic mass is 16.5. The minimum absolute atomic E-state index is 0.166. The van der Waals surface area contributed by atoms with E-state index in [-0.39, 0.29) is 18.0 Å². The minimum atomic E-state index is -0.307. The van der Waals surface area contributed by atoms with Crippen molar-refractivity contribution in [2.45, 2.75) is 20.4 Å². The van der Waals surface area contributed by atoms with Crippen LogP contribution < -0.4 is 15.0 Å². The van der Waals surface area contributed by atoms with E-state index in [4.69, 9.17) is 13.9 Å². The van der Waals surface area contributed by atoms with E-state index in [9.17, 15) is 9.59 Å². The first-order chi connectivity index (χ1) is 13.0. The number of aromatic nitrogens is 2. The summed E-state index contributed by atoms with van der Waals surface area (Å²) >= 11 is 0. The molecule has 0 radical (unpaired) electrons. The lowest BCUT2D eigenvalue weighted by Crippen LogP contribution is -2.32. The molecule has 0 aliphatic heterocycles. The summed E-state index contributed by atoms with van der Waals surface area (Å²) in [5.41, 5.74) is 0.653. The average Bonchev–Trinajstić information content (AvgIpc) is 3.10. The molecule has 0 spiro atoms. The molecule has 142 valence electrons. The van der Waals surface area contributed by atoms with Crippen LogP contribution in [0.4, 0.5) is 0 Å². The van der Waals surface area contributed by atoms with E-state index in [1.807, 2.05) is 6.92 Å². The molecule has 1 amide bonds. The molecule has 2 heterocycles. The highest BCUT2D eigenvalue weighted by molar-refractivity contribution is 5.95. The van der Waals surface area contributed by atoms with Gasteiger partial charge in [-0.2, -0.15) is 0 Å². The number of carbonyl (C=O) groups is 1. The Bertz CT molecular complexity index is 1040. The zero-order valence-electron chi connectivity index (χ0n) is 15.7. The van der Waals surface area contributed by atoms with Gasteiger partial charge in [0.1, 0.15) is 11.6 Å². The molecule has 1 N–H and O–H groups in total. The summed E-state index contributed by atoms with van der Waals surface area (Å²) in [6.07, 6.45) is 1.48. The molecule has 8 nitrogen and oxygen atoms in total. The summed E-state index contributed by atoms with van der Waals surface area (Å²) < 4.78 is 15.7. The molecular weight excluding hydrogens is 350 g/mol. The third kappa shape index (κ3) is 3.51.